The van der Waals surface area contributed by atoms with Gasteiger partial charge in [0.25, 0.3) is 0 Å². The normalized spacial score (nSPS) is 26.1. The van der Waals surface area contributed by atoms with E-state index in [1.54, 1.807) is 0 Å². The van der Waals surface area contributed by atoms with E-state index in [4.69, 9.17) is 4.74 Å². The predicted molar refractivity (Wildman–Crippen MR) is 55.2 cm³/mol. The average Bonchev–Trinajstić information content (AvgIpc) is 2.91. The Morgan fingerprint density at radius 1 is 1.43 bits per heavy atom. The van der Waals surface area contributed by atoms with Crippen LogP contribution in [-0.4, -0.2) is 48.5 Å². The molecule has 0 unspecified atom stereocenters. The van der Waals surface area contributed by atoms with Gasteiger partial charge in [0.05, 0.1) is 5.60 Å². The Morgan fingerprint density at radius 3 is 2.71 bits per heavy atom. The van der Waals surface area contributed by atoms with Crippen molar-refractivity contribution in [2.45, 2.75) is 31.8 Å². The third-order valence-electron chi connectivity index (χ3n) is 3.30. The number of hydrogen-bond donors (Lipinski definition) is 1. The zero-order valence-electron chi connectivity index (χ0n) is 9.04. The lowest BCUT2D eigenvalue weighted by Crippen LogP contribution is -2.63. The molecule has 1 heterocycles. The number of ether oxygens (including phenoxy) is 1. The van der Waals surface area contributed by atoms with E-state index in [0.717, 1.165) is 39.3 Å². The van der Waals surface area contributed by atoms with Gasteiger partial charge >= 0.3 is 0 Å². The molecule has 1 saturated carbocycles. The molecule has 1 aliphatic carbocycles. The van der Waals surface area contributed by atoms with Gasteiger partial charge in [0.15, 0.2) is 0 Å². The lowest BCUT2D eigenvalue weighted by Gasteiger charge is -2.47. The summed E-state index contributed by atoms with van der Waals surface area (Å²) in [4.78, 5) is 2.33. The SMILES string of the molecule is CCOCCCN1CC(O)(C2CC2)C1. The van der Waals surface area contributed by atoms with Crippen molar-refractivity contribution in [2.24, 2.45) is 5.92 Å². The molecule has 1 aliphatic heterocycles. The second-order valence-electron chi connectivity index (χ2n) is 4.64. The lowest BCUT2D eigenvalue weighted by atomic mass is 9.89. The fraction of sp³-hybridized carbons (Fsp3) is 1.00. The van der Waals surface area contributed by atoms with Gasteiger partial charge in [-0.3, -0.25) is 4.90 Å². The zero-order valence-corrected chi connectivity index (χ0v) is 9.04. The van der Waals surface area contributed by atoms with E-state index in [9.17, 15) is 5.11 Å². The molecule has 1 N–H and O–H groups in total. The first-order valence-electron chi connectivity index (χ1n) is 5.77. The molecule has 2 aliphatic rings. The topological polar surface area (TPSA) is 32.7 Å². The van der Waals surface area contributed by atoms with Crippen LogP contribution in [0, 0.1) is 5.92 Å². The van der Waals surface area contributed by atoms with Crippen LogP contribution in [0.15, 0.2) is 0 Å². The molecule has 82 valence electrons. The molecule has 0 aromatic carbocycles. The van der Waals surface area contributed by atoms with E-state index in [1.807, 2.05) is 6.92 Å². The first-order chi connectivity index (χ1) is 6.74. The summed E-state index contributed by atoms with van der Waals surface area (Å²) in [5.41, 5.74) is -0.314. The van der Waals surface area contributed by atoms with Gasteiger partial charge in [-0.2, -0.15) is 0 Å². The molecule has 14 heavy (non-hydrogen) atoms. The Morgan fingerprint density at radius 2 is 2.14 bits per heavy atom. The van der Waals surface area contributed by atoms with Crippen molar-refractivity contribution in [1.29, 1.82) is 0 Å². The van der Waals surface area contributed by atoms with Gasteiger partial charge in [-0.05, 0) is 32.1 Å². The molecule has 0 atom stereocenters. The van der Waals surface area contributed by atoms with Crippen LogP contribution in [0.3, 0.4) is 0 Å². The first kappa shape index (κ1) is 10.4. The Balaban J connectivity index is 1.54. The van der Waals surface area contributed by atoms with Crippen LogP contribution >= 0.6 is 0 Å². The van der Waals surface area contributed by atoms with Crippen molar-refractivity contribution >= 4 is 0 Å². The van der Waals surface area contributed by atoms with Crippen LogP contribution in [0.5, 0.6) is 0 Å². The van der Waals surface area contributed by atoms with Crippen LogP contribution in [0.1, 0.15) is 26.2 Å². The molecule has 2 fully saturated rings. The van der Waals surface area contributed by atoms with Crippen molar-refractivity contribution in [2.75, 3.05) is 32.8 Å². The summed E-state index contributed by atoms with van der Waals surface area (Å²) in [6, 6.07) is 0. The number of aliphatic hydroxyl groups is 1. The minimum atomic E-state index is -0.314. The van der Waals surface area contributed by atoms with E-state index in [1.165, 1.54) is 12.8 Å². The highest BCUT2D eigenvalue weighted by molar-refractivity contribution is 5.05. The fourth-order valence-corrected chi connectivity index (χ4v) is 2.30. The second-order valence-corrected chi connectivity index (χ2v) is 4.64. The fourth-order valence-electron chi connectivity index (χ4n) is 2.30. The number of nitrogens with zero attached hydrogens (tertiary/aromatic N) is 1. The summed E-state index contributed by atoms with van der Waals surface area (Å²) >= 11 is 0. The molecular formula is C11H21NO2. The Kier molecular flexibility index (Phi) is 3.10. The van der Waals surface area contributed by atoms with Gasteiger partial charge in [0.1, 0.15) is 0 Å². The summed E-state index contributed by atoms with van der Waals surface area (Å²) in [5.74, 6) is 0.616. The maximum atomic E-state index is 10.0. The number of rotatable bonds is 6. The van der Waals surface area contributed by atoms with Crippen molar-refractivity contribution in [3.8, 4) is 0 Å². The van der Waals surface area contributed by atoms with Crippen molar-refractivity contribution in [3.63, 3.8) is 0 Å². The average molecular weight is 199 g/mol. The highest BCUT2D eigenvalue weighted by Crippen LogP contribution is 2.44. The molecule has 0 spiro atoms. The highest BCUT2D eigenvalue weighted by Gasteiger charge is 2.51. The van der Waals surface area contributed by atoms with Gasteiger partial charge in [-0.25, -0.2) is 0 Å². The Bertz CT molecular complexity index is 186. The Hall–Kier alpha value is -0.120. The van der Waals surface area contributed by atoms with Crippen molar-refractivity contribution < 1.29 is 9.84 Å². The largest absolute Gasteiger partial charge is 0.387 e. The van der Waals surface area contributed by atoms with Crippen molar-refractivity contribution in [1.82, 2.24) is 4.90 Å². The number of β-amino-alcohol motifs (C(OH)–C–C–N with tert-alkyl or cyclic N) is 1. The zero-order chi connectivity index (χ0) is 10.0. The van der Waals surface area contributed by atoms with Gasteiger partial charge in [-0.1, -0.05) is 0 Å². The molecule has 0 radical (unpaired) electrons. The number of hydrogen-bond acceptors (Lipinski definition) is 3. The number of likely N-dealkylation sites (tertiary alicyclic amines) is 1. The second kappa shape index (κ2) is 4.17. The summed E-state index contributed by atoms with van der Waals surface area (Å²) < 4.78 is 5.28. The predicted octanol–water partition coefficient (Wildman–Crippen LogP) is 0.870. The third kappa shape index (κ3) is 2.27. The maximum absolute atomic E-state index is 10.0. The molecular weight excluding hydrogens is 178 g/mol. The van der Waals surface area contributed by atoms with Gasteiger partial charge < -0.3 is 9.84 Å². The smallest absolute Gasteiger partial charge is 0.0928 e. The third-order valence-corrected chi connectivity index (χ3v) is 3.30. The van der Waals surface area contributed by atoms with Gasteiger partial charge in [0, 0.05) is 32.8 Å². The molecule has 0 bridgehead atoms. The van der Waals surface area contributed by atoms with Crippen LogP contribution in [0.25, 0.3) is 0 Å². The molecule has 0 amide bonds. The minimum Gasteiger partial charge on any atom is -0.387 e. The van der Waals surface area contributed by atoms with Crippen molar-refractivity contribution in [3.05, 3.63) is 0 Å². The maximum Gasteiger partial charge on any atom is 0.0928 e. The van der Waals surface area contributed by atoms with Gasteiger partial charge in [-0.15, -0.1) is 0 Å². The monoisotopic (exact) mass is 199 g/mol. The molecule has 3 nitrogen and oxygen atoms in total. The standard InChI is InChI=1S/C11H21NO2/c1-2-14-7-3-6-12-8-11(13,9-12)10-4-5-10/h10,13H,2-9H2,1H3. The summed E-state index contributed by atoms with van der Waals surface area (Å²) in [6.07, 6.45) is 3.57. The van der Waals surface area contributed by atoms with Gasteiger partial charge in [0.2, 0.25) is 0 Å². The molecule has 3 heteroatoms. The summed E-state index contributed by atoms with van der Waals surface area (Å²) in [6.45, 7) is 6.55. The molecule has 0 aromatic heterocycles. The first-order valence-corrected chi connectivity index (χ1v) is 5.77. The van der Waals surface area contributed by atoms with E-state index in [0.29, 0.717) is 5.92 Å². The lowest BCUT2D eigenvalue weighted by molar-refractivity contribution is -0.114. The van der Waals surface area contributed by atoms with Crippen LogP contribution < -0.4 is 0 Å². The van der Waals surface area contributed by atoms with E-state index in [-0.39, 0.29) is 5.60 Å². The Labute approximate surface area is 86.0 Å². The minimum absolute atomic E-state index is 0.314. The molecule has 1 saturated heterocycles. The highest BCUT2D eigenvalue weighted by atomic mass is 16.5. The van der Waals surface area contributed by atoms with E-state index < -0.39 is 0 Å². The summed E-state index contributed by atoms with van der Waals surface area (Å²) in [5, 5.41) is 10.0. The molecule has 0 aromatic rings. The van der Waals surface area contributed by atoms with E-state index >= 15 is 0 Å². The quantitative estimate of drug-likeness (QED) is 0.644. The van der Waals surface area contributed by atoms with Crippen LogP contribution in [0.4, 0.5) is 0 Å². The van der Waals surface area contributed by atoms with Crippen LogP contribution in [0.2, 0.25) is 0 Å². The van der Waals surface area contributed by atoms with Crippen LogP contribution in [-0.2, 0) is 4.74 Å². The molecule has 2 rings (SSSR count). The summed E-state index contributed by atoms with van der Waals surface area (Å²) in [7, 11) is 0. The van der Waals surface area contributed by atoms with E-state index in [2.05, 4.69) is 4.90 Å².